The third-order valence-electron chi connectivity index (χ3n) is 4.35. The fraction of sp³-hybridized carbons (Fsp3) is 0.200. The van der Waals surface area contributed by atoms with Crippen LogP contribution in [0.5, 0.6) is 11.6 Å². The van der Waals surface area contributed by atoms with Gasteiger partial charge in [-0.15, -0.1) is 0 Å². The lowest BCUT2D eigenvalue weighted by molar-refractivity contribution is -0.0491. The fourth-order valence-corrected chi connectivity index (χ4v) is 3.56. The molecule has 0 amide bonds. The zero-order chi connectivity index (χ0) is 19.7. The van der Waals surface area contributed by atoms with E-state index in [2.05, 4.69) is 9.97 Å². The number of nitrogens with zero attached hydrogens (tertiary/aromatic N) is 2. The number of hydrogen-bond donors (Lipinski definition) is 1. The van der Waals surface area contributed by atoms with Crippen molar-refractivity contribution in [2.75, 3.05) is 20.3 Å². The van der Waals surface area contributed by atoms with Crippen LogP contribution in [0, 0.1) is 0 Å². The van der Waals surface area contributed by atoms with E-state index in [1.807, 2.05) is 18.2 Å². The van der Waals surface area contributed by atoms with Gasteiger partial charge in [0.05, 0.1) is 42.3 Å². The van der Waals surface area contributed by atoms with Crippen LogP contribution >= 0.6 is 23.2 Å². The van der Waals surface area contributed by atoms with Gasteiger partial charge >= 0.3 is 0 Å². The van der Waals surface area contributed by atoms with Crippen molar-refractivity contribution >= 4 is 23.2 Å². The van der Waals surface area contributed by atoms with Gasteiger partial charge in [0.25, 0.3) is 0 Å². The first-order valence-corrected chi connectivity index (χ1v) is 9.26. The summed E-state index contributed by atoms with van der Waals surface area (Å²) in [4.78, 5) is 8.95. The molecule has 0 unspecified atom stereocenters. The van der Waals surface area contributed by atoms with E-state index in [0.29, 0.717) is 52.2 Å². The second-order valence-electron chi connectivity index (χ2n) is 6.03. The maximum absolute atomic E-state index is 9.90. The normalized spacial score (nSPS) is 14.4. The Hall–Kier alpha value is -2.38. The molecule has 2 heterocycles. The summed E-state index contributed by atoms with van der Waals surface area (Å²) >= 11 is 12.9. The van der Waals surface area contributed by atoms with E-state index >= 15 is 0 Å². The first-order chi connectivity index (χ1) is 13.6. The Morgan fingerprint density at radius 3 is 2.36 bits per heavy atom. The number of benzene rings is 2. The minimum Gasteiger partial charge on any atom is -0.506 e. The Morgan fingerprint density at radius 2 is 1.64 bits per heavy atom. The van der Waals surface area contributed by atoms with Crippen LogP contribution in [0.1, 0.15) is 12.0 Å². The molecule has 28 heavy (non-hydrogen) atoms. The largest absolute Gasteiger partial charge is 0.506 e. The minimum atomic E-state index is -0.593. The summed E-state index contributed by atoms with van der Waals surface area (Å²) in [6.07, 6.45) is 1.00. The van der Waals surface area contributed by atoms with Gasteiger partial charge in [-0.05, 0) is 6.07 Å². The Labute approximate surface area is 171 Å². The summed E-state index contributed by atoms with van der Waals surface area (Å²) < 4.78 is 16.3. The first kappa shape index (κ1) is 19.0. The third kappa shape index (κ3) is 3.40. The predicted octanol–water partition coefficient (Wildman–Crippen LogP) is 4.88. The molecule has 4 rings (SSSR count). The van der Waals surface area contributed by atoms with Crippen LogP contribution in [0.2, 0.25) is 10.0 Å². The van der Waals surface area contributed by atoms with Crippen LogP contribution < -0.4 is 4.74 Å². The monoisotopic (exact) mass is 418 g/mol. The summed E-state index contributed by atoms with van der Waals surface area (Å²) in [5.41, 5.74) is 2.96. The molecule has 1 fully saturated rings. The molecule has 6 nitrogen and oxygen atoms in total. The van der Waals surface area contributed by atoms with Crippen molar-refractivity contribution in [3.05, 3.63) is 58.3 Å². The molecule has 2 aromatic carbocycles. The molecule has 0 saturated carbocycles. The van der Waals surface area contributed by atoms with Crippen molar-refractivity contribution in [1.29, 1.82) is 0 Å². The summed E-state index contributed by atoms with van der Waals surface area (Å²) in [6.45, 7) is 0.992. The van der Waals surface area contributed by atoms with E-state index in [9.17, 15) is 5.11 Å². The number of methoxy groups -OCH3 is 1. The Kier molecular flexibility index (Phi) is 5.37. The minimum absolute atomic E-state index is 0.0111. The van der Waals surface area contributed by atoms with E-state index in [-0.39, 0.29) is 10.8 Å². The van der Waals surface area contributed by atoms with Crippen LogP contribution in [0.15, 0.2) is 42.6 Å². The Balaban J connectivity index is 1.79. The van der Waals surface area contributed by atoms with Crippen molar-refractivity contribution < 1.29 is 19.3 Å². The number of phenols is 1. The summed E-state index contributed by atoms with van der Waals surface area (Å²) in [5.74, 6) is 0.296. The highest BCUT2D eigenvalue weighted by molar-refractivity contribution is 6.38. The quantitative estimate of drug-likeness (QED) is 0.650. The van der Waals surface area contributed by atoms with Crippen LogP contribution in [-0.4, -0.2) is 35.4 Å². The maximum atomic E-state index is 9.90. The van der Waals surface area contributed by atoms with E-state index in [0.717, 1.165) is 0 Å². The molecule has 3 aromatic rings. The molecule has 0 aliphatic carbocycles. The van der Waals surface area contributed by atoms with Crippen molar-refractivity contribution in [3.63, 3.8) is 0 Å². The predicted molar refractivity (Wildman–Crippen MR) is 106 cm³/mol. The average molecular weight is 419 g/mol. The molecule has 1 N–H and O–H groups in total. The van der Waals surface area contributed by atoms with Gasteiger partial charge in [-0.25, -0.2) is 9.97 Å². The number of aromatic hydroxyl groups is 1. The van der Waals surface area contributed by atoms with Crippen LogP contribution in [0.3, 0.4) is 0 Å². The molecular weight excluding hydrogens is 403 g/mol. The zero-order valence-corrected chi connectivity index (χ0v) is 16.4. The highest BCUT2D eigenvalue weighted by Gasteiger charge is 2.25. The van der Waals surface area contributed by atoms with E-state index in [1.54, 1.807) is 18.3 Å². The molecule has 1 saturated heterocycles. The standard InChI is InChI=1S/C20H16Cl2N2O4/c1-26-19-18(20-27-8-9-28-20)23-10-14(24-19)13-6-2-4-11(16(13)21)12-5-3-7-15(25)17(12)22/h2-7,10,20,25H,8-9H2,1H3. The highest BCUT2D eigenvalue weighted by atomic mass is 35.5. The van der Waals surface area contributed by atoms with Gasteiger partial charge in [0.1, 0.15) is 5.75 Å². The number of halogens is 2. The van der Waals surface area contributed by atoms with Gasteiger partial charge in [0.2, 0.25) is 12.2 Å². The number of phenolic OH excluding ortho intramolecular Hbond substituents is 1. The molecular formula is C20H16Cl2N2O4. The van der Waals surface area contributed by atoms with Crippen molar-refractivity contribution in [3.8, 4) is 34.0 Å². The summed E-state index contributed by atoms with van der Waals surface area (Å²) in [7, 11) is 1.51. The topological polar surface area (TPSA) is 73.7 Å². The Bertz CT molecular complexity index is 1020. The van der Waals surface area contributed by atoms with E-state index in [4.69, 9.17) is 37.4 Å². The lowest BCUT2D eigenvalue weighted by atomic mass is 10.0. The summed E-state index contributed by atoms with van der Waals surface area (Å²) in [5, 5.41) is 10.6. The van der Waals surface area contributed by atoms with Gasteiger partial charge < -0.3 is 19.3 Å². The second-order valence-corrected chi connectivity index (χ2v) is 6.78. The van der Waals surface area contributed by atoms with Gasteiger partial charge in [-0.2, -0.15) is 0 Å². The van der Waals surface area contributed by atoms with Gasteiger partial charge in [-0.1, -0.05) is 53.5 Å². The fourth-order valence-electron chi connectivity index (χ4n) is 3.00. The number of ether oxygens (including phenoxy) is 3. The number of rotatable bonds is 4. The maximum Gasteiger partial charge on any atom is 0.241 e. The average Bonchev–Trinajstić information content (AvgIpc) is 3.25. The molecule has 1 aliphatic rings. The SMILES string of the molecule is COc1nc(-c2cccc(-c3cccc(O)c3Cl)c2Cl)cnc1C1OCCO1. The molecule has 1 aromatic heterocycles. The van der Waals surface area contributed by atoms with Gasteiger partial charge in [-0.3, -0.25) is 0 Å². The lowest BCUT2D eigenvalue weighted by Crippen LogP contribution is -2.06. The third-order valence-corrected chi connectivity index (χ3v) is 5.15. The molecule has 0 radical (unpaired) electrons. The van der Waals surface area contributed by atoms with Gasteiger partial charge in [0, 0.05) is 16.7 Å². The van der Waals surface area contributed by atoms with Gasteiger partial charge in [0.15, 0.2) is 5.69 Å². The molecule has 0 spiro atoms. The lowest BCUT2D eigenvalue weighted by Gasteiger charge is -2.14. The van der Waals surface area contributed by atoms with Crippen molar-refractivity contribution in [1.82, 2.24) is 9.97 Å². The van der Waals surface area contributed by atoms with E-state index < -0.39 is 6.29 Å². The zero-order valence-electron chi connectivity index (χ0n) is 14.9. The molecule has 0 bridgehead atoms. The van der Waals surface area contributed by atoms with Crippen LogP contribution in [0.4, 0.5) is 0 Å². The molecule has 8 heteroatoms. The number of hydrogen-bond acceptors (Lipinski definition) is 6. The molecule has 144 valence electrons. The smallest absolute Gasteiger partial charge is 0.241 e. The summed E-state index contributed by atoms with van der Waals surface area (Å²) in [6, 6.07) is 10.5. The molecule has 0 atom stereocenters. The van der Waals surface area contributed by atoms with Crippen LogP contribution in [-0.2, 0) is 9.47 Å². The number of aromatic nitrogens is 2. The first-order valence-electron chi connectivity index (χ1n) is 8.51. The Morgan fingerprint density at radius 1 is 1.00 bits per heavy atom. The van der Waals surface area contributed by atoms with Crippen LogP contribution in [0.25, 0.3) is 22.4 Å². The van der Waals surface area contributed by atoms with Crippen molar-refractivity contribution in [2.45, 2.75) is 6.29 Å². The second kappa shape index (κ2) is 7.93. The van der Waals surface area contributed by atoms with E-state index in [1.165, 1.54) is 13.2 Å². The highest BCUT2D eigenvalue weighted by Crippen LogP contribution is 2.41. The molecule has 1 aliphatic heterocycles. The van der Waals surface area contributed by atoms with Crippen molar-refractivity contribution in [2.24, 2.45) is 0 Å².